The summed E-state index contributed by atoms with van der Waals surface area (Å²) >= 11 is 0. The van der Waals surface area contributed by atoms with Crippen molar-refractivity contribution in [3.05, 3.63) is 97.9 Å². The Morgan fingerprint density at radius 2 is 1.29 bits per heavy atom. The molecular formula is C27H32NOPPd. The van der Waals surface area contributed by atoms with Gasteiger partial charge in [0.25, 0.3) is 0 Å². The molecule has 0 N–H and O–H groups in total. The summed E-state index contributed by atoms with van der Waals surface area (Å²) in [7, 11) is -1.18. The van der Waals surface area contributed by atoms with Crippen molar-refractivity contribution in [2.45, 2.75) is 39.3 Å². The number of ether oxygens (including phenoxy) is 1. The molecule has 0 bridgehead atoms. The van der Waals surface area contributed by atoms with Crippen molar-refractivity contribution < 1.29 is 25.2 Å². The van der Waals surface area contributed by atoms with E-state index in [0.29, 0.717) is 5.92 Å². The minimum Gasteiger partial charge on any atom is -0.469 e. The number of nitrogens with zero attached hydrogens (tertiary/aromatic N) is 1. The third kappa shape index (κ3) is 5.35. The molecule has 0 fully saturated rings. The molecule has 0 spiro atoms. The molecule has 1 atom stereocenters. The van der Waals surface area contributed by atoms with E-state index in [0.717, 1.165) is 11.5 Å². The minimum atomic E-state index is -1.18. The van der Waals surface area contributed by atoms with Crippen molar-refractivity contribution >= 4 is 29.7 Å². The van der Waals surface area contributed by atoms with Gasteiger partial charge in [-0.1, -0.05) is 62.4 Å². The first-order valence-electron chi connectivity index (χ1n) is 10.3. The second kappa shape index (κ2) is 10.7. The molecular weight excluding hydrogens is 492 g/mol. The maximum atomic E-state index is 6.44. The van der Waals surface area contributed by atoms with Crippen molar-refractivity contribution in [3.8, 4) is 0 Å². The molecule has 0 aliphatic carbocycles. The number of rotatable bonds is 5. The van der Waals surface area contributed by atoms with Crippen molar-refractivity contribution in [1.82, 2.24) is 0 Å². The van der Waals surface area contributed by atoms with E-state index in [1.54, 1.807) is 0 Å². The van der Waals surface area contributed by atoms with E-state index in [2.05, 4.69) is 113 Å². The number of aliphatic imine (C=N–C) groups is 1. The fourth-order valence-corrected chi connectivity index (χ4v) is 7.00. The van der Waals surface area contributed by atoms with Gasteiger partial charge in [-0.2, -0.15) is 0 Å². The van der Waals surface area contributed by atoms with Crippen molar-refractivity contribution in [2.24, 2.45) is 10.9 Å². The Hall–Kier alpha value is -1.78. The van der Waals surface area contributed by atoms with Gasteiger partial charge in [0, 0.05) is 20.4 Å². The van der Waals surface area contributed by atoms with Gasteiger partial charge in [0.15, 0.2) is 0 Å². The van der Waals surface area contributed by atoms with E-state index in [4.69, 9.17) is 9.73 Å². The zero-order valence-corrected chi connectivity index (χ0v) is 21.5. The van der Waals surface area contributed by atoms with Crippen LogP contribution in [-0.2, 0) is 25.2 Å². The summed E-state index contributed by atoms with van der Waals surface area (Å²) in [5, 5.41) is 4.07. The van der Waals surface area contributed by atoms with Crippen LogP contribution in [0.25, 0.3) is 0 Å². The molecule has 1 heterocycles. The fourth-order valence-electron chi connectivity index (χ4n) is 4.27. The third-order valence-electron chi connectivity index (χ3n) is 5.51. The zero-order chi connectivity index (χ0) is 20.4. The van der Waals surface area contributed by atoms with Crippen LogP contribution in [-0.4, -0.2) is 17.5 Å². The molecule has 0 saturated heterocycles. The predicted molar refractivity (Wildman–Crippen MR) is 133 cm³/mol. The molecule has 1 aliphatic rings. The summed E-state index contributed by atoms with van der Waals surface area (Å²) in [4.78, 5) is 5.05. The van der Waals surface area contributed by atoms with Gasteiger partial charge >= 0.3 is 0 Å². The monoisotopic (exact) mass is 523 g/mol. The smallest absolute Gasteiger partial charge is 0.221 e. The second-order valence-electron chi connectivity index (χ2n) is 8.48. The number of hydrogen-bond acceptors (Lipinski definition) is 2. The van der Waals surface area contributed by atoms with Crippen LogP contribution in [0.3, 0.4) is 0 Å². The van der Waals surface area contributed by atoms with Crippen LogP contribution in [0, 0.1) is 13.3 Å². The standard InChI is InChI=1S/C26H28NOP.CH3.Pd/c1-19(2)24-26(3,4)28-25(27-24)22-17-11-12-18-23(22)29(20-13-7-5-8-14-20)21-15-9-6-10-16-21;;/h5-19,24H,1-4H3;1H3;/q;-1;/p+1/t24-;;/m0../s1. The van der Waals surface area contributed by atoms with E-state index < -0.39 is 7.92 Å². The Kier molecular flexibility index (Phi) is 8.79. The van der Waals surface area contributed by atoms with Gasteiger partial charge in [-0.05, 0) is 56.2 Å². The van der Waals surface area contributed by atoms with Crippen LogP contribution in [0.2, 0.25) is 0 Å². The maximum absolute atomic E-state index is 6.44. The molecule has 166 valence electrons. The first kappa shape index (κ1) is 25.5. The van der Waals surface area contributed by atoms with E-state index in [-0.39, 0.29) is 39.5 Å². The Labute approximate surface area is 202 Å². The van der Waals surface area contributed by atoms with Gasteiger partial charge in [0.1, 0.15) is 21.5 Å². The fraction of sp³-hybridized carbons (Fsp3) is 0.259. The van der Waals surface area contributed by atoms with Gasteiger partial charge in [-0.25, -0.2) is 4.99 Å². The first-order valence-corrected chi connectivity index (χ1v) is 11.8. The molecule has 1 aliphatic heterocycles. The summed E-state index contributed by atoms with van der Waals surface area (Å²) in [5.41, 5.74) is 0.841. The summed E-state index contributed by atoms with van der Waals surface area (Å²) in [6.45, 7) is 8.74. The molecule has 0 unspecified atom stereocenters. The molecule has 4 rings (SSSR count). The molecule has 0 amide bonds. The Morgan fingerprint density at radius 1 is 0.806 bits per heavy atom. The molecule has 4 heteroatoms. The van der Waals surface area contributed by atoms with Crippen LogP contribution in [0.5, 0.6) is 0 Å². The van der Waals surface area contributed by atoms with Gasteiger partial charge in [-0.15, -0.1) is 0 Å². The summed E-state index contributed by atoms with van der Waals surface area (Å²) < 4.78 is 6.44. The first-order chi connectivity index (χ1) is 14.0. The molecule has 3 aromatic carbocycles. The summed E-state index contributed by atoms with van der Waals surface area (Å²) in [5.74, 6) is 1.22. The largest absolute Gasteiger partial charge is 0.469 e. The van der Waals surface area contributed by atoms with Crippen LogP contribution in [0.1, 0.15) is 33.3 Å². The minimum absolute atomic E-state index is 0. The predicted octanol–water partition coefficient (Wildman–Crippen LogP) is 5.20. The molecule has 31 heavy (non-hydrogen) atoms. The summed E-state index contributed by atoms with van der Waals surface area (Å²) in [6.07, 6.45) is 0. The Morgan fingerprint density at radius 3 is 1.77 bits per heavy atom. The number of benzene rings is 3. The van der Waals surface area contributed by atoms with E-state index >= 15 is 0 Å². The maximum Gasteiger partial charge on any atom is 0.221 e. The van der Waals surface area contributed by atoms with Gasteiger partial charge in [0.2, 0.25) is 5.90 Å². The summed E-state index contributed by atoms with van der Waals surface area (Å²) in [6, 6.07) is 30.5. The van der Waals surface area contributed by atoms with E-state index in [9.17, 15) is 0 Å². The average Bonchev–Trinajstić information content (AvgIpc) is 3.06. The van der Waals surface area contributed by atoms with Crippen LogP contribution >= 0.6 is 7.92 Å². The molecule has 0 radical (unpaired) electrons. The van der Waals surface area contributed by atoms with Crippen molar-refractivity contribution in [1.29, 1.82) is 0 Å². The van der Waals surface area contributed by atoms with E-state index in [1.807, 2.05) is 0 Å². The Balaban J connectivity index is 0.00000171. The molecule has 3 aromatic rings. The average molecular weight is 524 g/mol. The normalized spacial score (nSPS) is 16.8. The zero-order valence-electron chi connectivity index (χ0n) is 18.9. The van der Waals surface area contributed by atoms with Crippen LogP contribution in [0.4, 0.5) is 0 Å². The van der Waals surface area contributed by atoms with Crippen LogP contribution in [0.15, 0.2) is 89.9 Å². The Bertz CT molecular complexity index is 963. The topological polar surface area (TPSA) is 21.6 Å². The van der Waals surface area contributed by atoms with Gasteiger partial charge in [0.05, 0.1) is 19.5 Å². The molecule has 2 nitrogen and oxygen atoms in total. The quantitative estimate of drug-likeness (QED) is 0.256. The van der Waals surface area contributed by atoms with Crippen LogP contribution < -0.4 is 15.9 Å². The SMILES string of the molecule is CC(C)[C@@H]1N=C(c2ccccc2[PH+](c2ccccc2)c2ccccc2)OC1(C)C.[CH3-].[Pd]. The van der Waals surface area contributed by atoms with Crippen molar-refractivity contribution in [3.63, 3.8) is 0 Å². The van der Waals surface area contributed by atoms with Crippen molar-refractivity contribution in [2.75, 3.05) is 0 Å². The molecule has 0 saturated carbocycles. The molecule has 0 aromatic heterocycles. The third-order valence-corrected chi connectivity index (χ3v) is 8.31. The van der Waals surface area contributed by atoms with E-state index in [1.165, 1.54) is 15.9 Å². The second-order valence-corrected chi connectivity index (χ2v) is 10.9. The van der Waals surface area contributed by atoms with Gasteiger partial charge < -0.3 is 12.2 Å². The van der Waals surface area contributed by atoms with Gasteiger partial charge in [-0.3, -0.25) is 0 Å². The number of hydrogen-bond donors (Lipinski definition) is 0.